The van der Waals surface area contributed by atoms with Gasteiger partial charge in [-0.15, -0.1) is 0 Å². The van der Waals surface area contributed by atoms with Crippen molar-refractivity contribution in [2.75, 3.05) is 7.11 Å². The van der Waals surface area contributed by atoms with E-state index in [4.69, 9.17) is 10.5 Å². The fraction of sp³-hybridized carbons (Fsp3) is 0.533. The van der Waals surface area contributed by atoms with E-state index in [0.29, 0.717) is 12.3 Å². The van der Waals surface area contributed by atoms with E-state index in [9.17, 15) is 4.79 Å². The molecule has 0 aliphatic heterocycles. The Morgan fingerprint density at radius 2 is 2.00 bits per heavy atom. The lowest BCUT2D eigenvalue weighted by Crippen LogP contribution is -2.16. The number of hydrogen-bond donors (Lipinski definition) is 1. The number of Topliss-reactive ketones (excluding diaryl/α,β-unsaturated/α-hetero) is 1. The van der Waals surface area contributed by atoms with E-state index < -0.39 is 0 Å². The van der Waals surface area contributed by atoms with Crippen LogP contribution in [0.15, 0.2) is 18.2 Å². The molecule has 2 N–H and O–H groups in total. The number of rotatable bonds is 6. The van der Waals surface area contributed by atoms with Gasteiger partial charge in [-0.05, 0) is 43.0 Å². The van der Waals surface area contributed by atoms with Crippen LogP contribution in [0.25, 0.3) is 0 Å². The number of benzene rings is 1. The second-order valence-electron chi connectivity index (χ2n) is 5.05. The van der Waals surface area contributed by atoms with Gasteiger partial charge in [-0.25, -0.2) is 0 Å². The molecule has 1 unspecified atom stereocenters. The molecule has 0 amide bonds. The average Bonchev–Trinajstić information content (AvgIpc) is 2.34. The molecule has 1 aromatic carbocycles. The topological polar surface area (TPSA) is 52.3 Å². The van der Waals surface area contributed by atoms with Gasteiger partial charge in [0.15, 0.2) is 5.78 Å². The lowest BCUT2D eigenvalue weighted by Gasteiger charge is -2.13. The third-order valence-electron chi connectivity index (χ3n) is 3.00. The average molecular weight is 249 g/mol. The van der Waals surface area contributed by atoms with E-state index in [0.717, 1.165) is 23.3 Å². The van der Waals surface area contributed by atoms with Crippen LogP contribution < -0.4 is 10.5 Å². The van der Waals surface area contributed by atoms with Gasteiger partial charge < -0.3 is 10.5 Å². The van der Waals surface area contributed by atoms with E-state index in [2.05, 4.69) is 13.8 Å². The van der Waals surface area contributed by atoms with Gasteiger partial charge in [0.25, 0.3) is 0 Å². The van der Waals surface area contributed by atoms with E-state index in [1.54, 1.807) is 7.11 Å². The fourth-order valence-electron chi connectivity index (χ4n) is 1.86. The van der Waals surface area contributed by atoms with E-state index in [-0.39, 0.29) is 11.8 Å². The summed E-state index contributed by atoms with van der Waals surface area (Å²) in [6, 6.07) is 5.70. The van der Waals surface area contributed by atoms with Crippen molar-refractivity contribution in [1.82, 2.24) is 0 Å². The maximum Gasteiger partial charge on any atom is 0.162 e. The standard InChI is InChI=1S/C15H23NO2/c1-10(2)13-9-12(6-8-15(13)18-4)14(17)7-5-11(3)16/h6,8-11H,5,7,16H2,1-4H3. The summed E-state index contributed by atoms with van der Waals surface area (Å²) in [6.45, 7) is 6.10. The number of ether oxygens (including phenoxy) is 1. The Balaban J connectivity index is 2.90. The Morgan fingerprint density at radius 1 is 1.33 bits per heavy atom. The first-order valence-electron chi connectivity index (χ1n) is 6.42. The number of carbonyl (C=O) groups excluding carboxylic acids is 1. The SMILES string of the molecule is COc1ccc(C(=O)CCC(C)N)cc1C(C)C. The predicted molar refractivity (Wildman–Crippen MR) is 74.3 cm³/mol. The summed E-state index contributed by atoms with van der Waals surface area (Å²) in [5.41, 5.74) is 7.49. The smallest absolute Gasteiger partial charge is 0.162 e. The maximum atomic E-state index is 12.0. The molecule has 3 nitrogen and oxygen atoms in total. The fourth-order valence-corrected chi connectivity index (χ4v) is 1.86. The maximum absolute atomic E-state index is 12.0. The number of carbonyl (C=O) groups is 1. The molecule has 3 heteroatoms. The molecular weight excluding hydrogens is 226 g/mol. The minimum absolute atomic E-state index is 0.0665. The van der Waals surface area contributed by atoms with Crippen molar-refractivity contribution in [3.8, 4) is 5.75 Å². The molecule has 0 bridgehead atoms. The van der Waals surface area contributed by atoms with Crippen molar-refractivity contribution in [3.05, 3.63) is 29.3 Å². The van der Waals surface area contributed by atoms with Crippen LogP contribution in [-0.2, 0) is 0 Å². The van der Waals surface area contributed by atoms with Crippen LogP contribution >= 0.6 is 0 Å². The van der Waals surface area contributed by atoms with Crippen LogP contribution in [0.5, 0.6) is 5.75 Å². The zero-order valence-electron chi connectivity index (χ0n) is 11.7. The normalized spacial score (nSPS) is 12.6. The Labute approximate surface area is 109 Å². The number of ketones is 1. The molecule has 0 heterocycles. The summed E-state index contributed by atoms with van der Waals surface area (Å²) in [7, 11) is 1.65. The van der Waals surface area contributed by atoms with E-state index in [1.165, 1.54) is 0 Å². The number of nitrogens with two attached hydrogens (primary N) is 1. The largest absolute Gasteiger partial charge is 0.496 e. The molecule has 100 valence electrons. The van der Waals surface area contributed by atoms with Crippen LogP contribution in [0.2, 0.25) is 0 Å². The molecule has 0 aliphatic carbocycles. The van der Waals surface area contributed by atoms with Crippen LogP contribution in [-0.4, -0.2) is 18.9 Å². The summed E-state index contributed by atoms with van der Waals surface area (Å²) in [5, 5.41) is 0. The molecule has 0 fully saturated rings. The highest BCUT2D eigenvalue weighted by atomic mass is 16.5. The van der Waals surface area contributed by atoms with Gasteiger partial charge in [0.1, 0.15) is 5.75 Å². The van der Waals surface area contributed by atoms with Gasteiger partial charge in [-0.3, -0.25) is 4.79 Å². The molecule has 18 heavy (non-hydrogen) atoms. The zero-order chi connectivity index (χ0) is 13.7. The van der Waals surface area contributed by atoms with Crippen LogP contribution in [0.4, 0.5) is 0 Å². The summed E-state index contributed by atoms with van der Waals surface area (Å²) in [5.74, 6) is 1.33. The Bertz CT molecular complexity index is 411. The molecule has 0 aliphatic rings. The lowest BCUT2D eigenvalue weighted by molar-refractivity contribution is 0.0978. The van der Waals surface area contributed by atoms with E-state index >= 15 is 0 Å². The minimum atomic E-state index is 0.0665. The van der Waals surface area contributed by atoms with Gasteiger partial charge in [-0.1, -0.05) is 13.8 Å². The van der Waals surface area contributed by atoms with Gasteiger partial charge in [0.05, 0.1) is 7.11 Å². The lowest BCUT2D eigenvalue weighted by atomic mass is 9.96. The molecule has 1 rings (SSSR count). The monoisotopic (exact) mass is 249 g/mol. The number of methoxy groups -OCH3 is 1. The summed E-state index contributed by atoms with van der Waals surface area (Å²) >= 11 is 0. The number of hydrogen-bond acceptors (Lipinski definition) is 3. The molecule has 0 aromatic heterocycles. The quantitative estimate of drug-likeness (QED) is 0.788. The van der Waals surface area contributed by atoms with Crippen LogP contribution in [0.1, 0.15) is 55.5 Å². The summed E-state index contributed by atoms with van der Waals surface area (Å²) in [6.07, 6.45) is 1.23. The molecule has 0 saturated heterocycles. The van der Waals surface area contributed by atoms with Gasteiger partial charge >= 0.3 is 0 Å². The molecule has 0 saturated carbocycles. The second-order valence-corrected chi connectivity index (χ2v) is 5.05. The second kappa shape index (κ2) is 6.55. The van der Waals surface area contributed by atoms with Gasteiger partial charge in [0, 0.05) is 18.0 Å². The highest BCUT2D eigenvalue weighted by Crippen LogP contribution is 2.27. The first-order valence-corrected chi connectivity index (χ1v) is 6.42. The van der Waals surface area contributed by atoms with Gasteiger partial charge in [-0.2, -0.15) is 0 Å². The van der Waals surface area contributed by atoms with Crippen molar-refractivity contribution in [2.45, 2.75) is 45.6 Å². The highest BCUT2D eigenvalue weighted by molar-refractivity contribution is 5.96. The van der Waals surface area contributed by atoms with Crippen LogP contribution in [0, 0.1) is 0 Å². The van der Waals surface area contributed by atoms with E-state index in [1.807, 2.05) is 25.1 Å². The Morgan fingerprint density at radius 3 is 2.50 bits per heavy atom. The summed E-state index contributed by atoms with van der Waals surface area (Å²) in [4.78, 5) is 12.0. The first kappa shape index (κ1) is 14.7. The van der Waals surface area contributed by atoms with Crippen molar-refractivity contribution in [3.63, 3.8) is 0 Å². The Kier molecular flexibility index (Phi) is 5.35. The van der Waals surface area contributed by atoms with Gasteiger partial charge in [0.2, 0.25) is 0 Å². The van der Waals surface area contributed by atoms with Crippen molar-refractivity contribution < 1.29 is 9.53 Å². The summed E-state index contributed by atoms with van der Waals surface area (Å²) < 4.78 is 5.31. The zero-order valence-corrected chi connectivity index (χ0v) is 11.7. The van der Waals surface area contributed by atoms with Crippen molar-refractivity contribution in [2.24, 2.45) is 5.73 Å². The van der Waals surface area contributed by atoms with Crippen molar-refractivity contribution >= 4 is 5.78 Å². The predicted octanol–water partition coefficient (Wildman–Crippen LogP) is 3.13. The third kappa shape index (κ3) is 3.84. The Hall–Kier alpha value is -1.35. The molecule has 0 radical (unpaired) electrons. The minimum Gasteiger partial charge on any atom is -0.496 e. The molecule has 1 aromatic rings. The molecular formula is C15H23NO2. The molecule has 1 atom stereocenters. The van der Waals surface area contributed by atoms with Crippen molar-refractivity contribution in [1.29, 1.82) is 0 Å². The molecule has 0 spiro atoms. The van der Waals surface area contributed by atoms with Crippen LogP contribution in [0.3, 0.4) is 0 Å². The third-order valence-corrected chi connectivity index (χ3v) is 3.00. The highest BCUT2D eigenvalue weighted by Gasteiger charge is 2.12. The first-order chi connectivity index (χ1) is 8.45.